The SMILES string of the molecule is COc1c(CNC2(CO)CCOCC2)c(C)nn1C. The zero-order valence-corrected chi connectivity index (χ0v) is 11.9. The monoisotopic (exact) mass is 269 g/mol. The Kier molecular flexibility index (Phi) is 4.44. The fraction of sp³-hybridized carbons (Fsp3) is 0.769. The second kappa shape index (κ2) is 5.90. The second-order valence-electron chi connectivity index (χ2n) is 5.10. The molecule has 108 valence electrons. The smallest absolute Gasteiger partial charge is 0.216 e. The van der Waals surface area contributed by atoms with Gasteiger partial charge in [0.25, 0.3) is 0 Å². The molecule has 1 aliphatic rings. The van der Waals surface area contributed by atoms with E-state index in [1.165, 1.54) is 0 Å². The van der Waals surface area contributed by atoms with Gasteiger partial charge in [-0.1, -0.05) is 0 Å². The average Bonchev–Trinajstić information content (AvgIpc) is 2.71. The van der Waals surface area contributed by atoms with Crippen LogP contribution in [-0.4, -0.2) is 47.4 Å². The number of aliphatic hydroxyl groups excluding tert-OH is 1. The Morgan fingerprint density at radius 2 is 2.16 bits per heavy atom. The van der Waals surface area contributed by atoms with E-state index in [2.05, 4.69) is 10.4 Å². The molecule has 2 rings (SSSR count). The number of ether oxygens (including phenoxy) is 2. The van der Waals surface area contributed by atoms with E-state index in [0.717, 1.165) is 30.0 Å². The van der Waals surface area contributed by atoms with E-state index in [-0.39, 0.29) is 12.1 Å². The lowest BCUT2D eigenvalue weighted by Gasteiger charge is -2.36. The van der Waals surface area contributed by atoms with E-state index >= 15 is 0 Å². The third-order valence-corrected chi connectivity index (χ3v) is 3.87. The van der Waals surface area contributed by atoms with Crippen LogP contribution >= 0.6 is 0 Å². The first-order valence-corrected chi connectivity index (χ1v) is 6.62. The van der Waals surface area contributed by atoms with Gasteiger partial charge in [-0.25, -0.2) is 4.68 Å². The highest BCUT2D eigenvalue weighted by Crippen LogP contribution is 2.24. The van der Waals surface area contributed by atoms with Crippen LogP contribution in [0.5, 0.6) is 5.88 Å². The Balaban J connectivity index is 2.09. The van der Waals surface area contributed by atoms with Gasteiger partial charge in [0.15, 0.2) is 0 Å². The molecule has 0 spiro atoms. The highest BCUT2D eigenvalue weighted by Gasteiger charge is 2.32. The van der Waals surface area contributed by atoms with Gasteiger partial charge < -0.3 is 19.9 Å². The highest BCUT2D eigenvalue weighted by atomic mass is 16.5. The number of aliphatic hydroxyl groups is 1. The summed E-state index contributed by atoms with van der Waals surface area (Å²) in [7, 11) is 3.52. The number of nitrogens with zero attached hydrogens (tertiary/aromatic N) is 2. The van der Waals surface area contributed by atoms with Crippen molar-refractivity contribution in [3.63, 3.8) is 0 Å². The van der Waals surface area contributed by atoms with Crippen LogP contribution in [0.25, 0.3) is 0 Å². The normalized spacial score (nSPS) is 18.5. The Bertz CT molecular complexity index is 425. The van der Waals surface area contributed by atoms with E-state index in [1.807, 2.05) is 14.0 Å². The van der Waals surface area contributed by atoms with Crippen molar-refractivity contribution >= 4 is 0 Å². The molecule has 0 bridgehead atoms. The van der Waals surface area contributed by atoms with Crippen LogP contribution in [0.2, 0.25) is 0 Å². The minimum Gasteiger partial charge on any atom is -0.481 e. The van der Waals surface area contributed by atoms with Crippen molar-refractivity contribution in [3.8, 4) is 5.88 Å². The molecule has 1 aliphatic heterocycles. The fourth-order valence-corrected chi connectivity index (χ4v) is 2.57. The predicted octanol–water partition coefficient (Wildman–Crippen LogP) is 0.368. The molecule has 6 heteroatoms. The average molecular weight is 269 g/mol. The zero-order chi connectivity index (χ0) is 13.9. The topological polar surface area (TPSA) is 68.5 Å². The van der Waals surface area contributed by atoms with Crippen molar-refractivity contribution in [2.75, 3.05) is 26.9 Å². The molecule has 0 unspecified atom stereocenters. The summed E-state index contributed by atoms with van der Waals surface area (Å²) in [5.41, 5.74) is 1.75. The number of rotatable bonds is 5. The van der Waals surface area contributed by atoms with Gasteiger partial charge in [-0.15, -0.1) is 0 Å². The van der Waals surface area contributed by atoms with Crippen molar-refractivity contribution < 1.29 is 14.6 Å². The van der Waals surface area contributed by atoms with Gasteiger partial charge in [-0.05, 0) is 19.8 Å². The fourth-order valence-electron chi connectivity index (χ4n) is 2.57. The third-order valence-electron chi connectivity index (χ3n) is 3.87. The lowest BCUT2D eigenvalue weighted by Crippen LogP contribution is -2.51. The summed E-state index contributed by atoms with van der Waals surface area (Å²) in [5, 5.41) is 17.5. The van der Waals surface area contributed by atoms with Crippen LogP contribution in [-0.2, 0) is 18.3 Å². The van der Waals surface area contributed by atoms with Gasteiger partial charge in [0.05, 0.1) is 25.0 Å². The number of nitrogens with one attached hydrogen (secondary N) is 1. The molecule has 1 aromatic rings. The van der Waals surface area contributed by atoms with Crippen LogP contribution in [0.15, 0.2) is 0 Å². The number of aryl methyl sites for hydroxylation is 2. The van der Waals surface area contributed by atoms with Gasteiger partial charge in [0.1, 0.15) is 0 Å². The molecule has 6 nitrogen and oxygen atoms in total. The standard InChI is InChI=1S/C13H23N3O3/c1-10-11(12(18-3)16(2)15-10)8-14-13(9-17)4-6-19-7-5-13/h14,17H,4-9H2,1-3H3. The summed E-state index contributed by atoms with van der Waals surface area (Å²) in [6, 6.07) is 0. The van der Waals surface area contributed by atoms with Crippen molar-refractivity contribution in [2.24, 2.45) is 7.05 Å². The maximum absolute atomic E-state index is 9.65. The number of hydrogen-bond donors (Lipinski definition) is 2. The van der Waals surface area contributed by atoms with E-state index in [1.54, 1.807) is 11.8 Å². The molecular formula is C13H23N3O3. The summed E-state index contributed by atoms with van der Waals surface area (Å²) in [5.74, 6) is 0.769. The number of methoxy groups -OCH3 is 1. The molecule has 2 heterocycles. The van der Waals surface area contributed by atoms with E-state index in [0.29, 0.717) is 19.8 Å². The van der Waals surface area contributed by atoms with Gasteiger partial charge in [0.2, 0.25) is 5.88 Å². The minimum atomic E-state index is -0.245. The first-order valence-electron chi connectivity index (χ1n) is 6.62. The van der Waals surface area contributed by atoms with E-state index < -0.39 is 0 Å². The summed E-state index contributed by atoms with van der Waals surface area (Å²) in [4.78, 5) is 0. The van der Waals surface area contributed by atoms with Crippen LogP contribution in [0.4, 0.5) is 0 Å². The summed E-state index contributed by atoms with van der Waals surface area (Å²) in [6.07, 6.45) is 1.65. The molecule has 0 aliphatic carbocycles. The molecule has 2 N–H and O–H groups in total. The summed E-state index contributed by atoms with van der Waals surface area (Å²) >= 11 is 0. The summed E-state index contributed by atoms with van der Waals surface area (Å²) in [6.45, 7) is 4.12. The van der Waals surface area contributed by atoms with Crippen molar-refractivity contribution in [1.29, 1.82) is 0 Å². The third kappa shape index (κ3) is 2.91. The van der Waals surface area contributed by atoms with Crippen LogP contribution < -0.4 is 10.1 Å². The molecule has 1 fully saturated rings. The Morgan fingerprint density at radius 3 is 2.74 bits per heavy atom. The van der Waals surface area contributed by atoms with Gasteiger partial charge in [0, 0.05) is 32.3 Å². The first-order chi connectivity index (χ1) is 9.12. The van der Waals surface area contributed by atoms with Gasteiger partial charge >= 0.3 is 0 Å². The minimum absolute atomic E-state index is 0.123. The largest absolute Gasteiger partial charge is 0.481 e. The molecule has 0 radical (unpaired) electrons. The molecule has 1 aromatic heterocycles. The number of hydrogen-bond acceptors (Lipinski definition) is 5. The molecular weight excluding hydrogens is 246 g/mol. The Labute approximate surface area is 113 Å². The lowest BCUT2D eigenvalue weighted by atomic mass is 9.90. The maximum atomic E-state index is 9.65. The lowest BCUT2D eigenvalue weighted by molar-refractivity contribution is 0.0111. The predicted molar refractivity (Wildman–Crippen MR) is 71.2 cm³/mol. The van der Waals surface area contributed by atoms with Crippen molar-refractivity contribution in [3.05, 3.63) is 11.3 Å². The Hall–Kier alpha value is -1.11. The highest BCUT2D eigenvalue weighted by molar-refractivity contribution is 5.31. The zero-order valence-electron chi connectivity index (χ0n) is 11.9. The quantitative estimate of drug-likeness (QED) is 0.808. The molecule has 19 heavy (non-hydrogen) atoms. The van der Waals surface area contributed by atoms with E-state index in [9.17, 15) is 5.11 Å². The van der Waals surface area contributed by atoms with Crippen molar-refractivity contribution in [2.45, 2.75) is 31.8 Å². The van der Waals surface area contributed by atoms with Crippen LogP contribution in [0.1, 0.15) is 24.1 Å². The maximum Gasteiger partial charge on any atom is 0.216 e. The first kappa shape index (κ1) is 14.3. The molecule has 0 atom stereocenters. The van der Waals surface area contributed by atoms with E-state index in [4.69, 9.17) is 9.47 Å². The summed E-state index contributed by atoms with van der Waals surface area (Å²) < 4.78 is 12.5. The molecule has 0 saturated carbocycles. The molecule has 0 aromatic carbocycles. The van der Waals surface area contributed by atoms with Crippen LogP contribution in [0, 0.1) is 6.92 Å². The molecule has 0 amide bonds. The second-order valence-corrected chi connectivity index (χ2v) is 5.10. The van der Waals surface area contributed by atoms with Gasteiger partial charge in [-0.3, -0.25) is 0 Å². The Morgan fingerprint density at radius 1 is 1.47 bits per heavy atom. The van der Waals surface area contributed by atoms with Crippen molar-refractivity contribution in [1.82, 2.24) is 15.1 Å². The van der Waals surface area contributed by atoms with Gasteiger partial charge in [-0.2, -0.15) is 5.10 Å². The van der Waals surface area contributed by atoms with Crippen LogP contribution in [0.3, 0.4) is 0 Å². The number of aromatic nitrogens is 2. The molecule has 1 saturated heterocycles.